The average Bonchev–Trinajstić information content (AvgIpc) is 3.46. The molecule has 5 aromatic rings. The summed E-state index contributed by atoms with van der Waals surface area (Å²) in [4.78, 5) is 4.13. The third-order valence-corrected chi connectivity index (χ3v) is 5.05. The van der Waals surface area contributed by atoms with Crippen molar-refractivity contribution in [2.75, 3.05) is 0 Å². The molecule has 0 bridgehead atoms. The number of aromatic nitrogens is 4. The van der Waals surface area contributed by atoms with Crippen LogP contribution in [0.2, 0.25) is 0 Å². The molecular weight excluding hydrogens is 370 g/mol. The Balaban J connectivity index is 1.77. The highest BCUT2D eigenvalue weighted by molar-refractivity contribution is 5.88. The van der Waals surface area contributed by atoms with E-state index in [1.807, 2.05) is 54.6 Å². The van der Waals surface area contributed by atoms with Gasteiger partial charge < -0.3 is 4.40 Å². The standard InChI is InChI=1S/C25H17N5/c26-16-19-9-11-21(12-10-19)24(30-18-27-17-28-30)15-25-23(20-6-2-1-3-7-20)14-22-8-4-5-13-29(22)25/h1-15,17-18H/b24-15+. The molecule has 0 aliphatic heterocycles. The summed E-state index contributed by atoms with van der Waals surface area (Å²) in [5.74, 6) is 0. The maximum atomic E-state index is 9.14. The highest BCUT2D eigenvalue weighted by atomic mass is 15.3. The van der Waals surface area contributed by atoms with Crippen LogP contribution >= 0.6 is 0 Å². The fourth-order valence-electron chi connectivity index (χ4n) is 3.60. The van der Waals surface area contributed by atoms with Crippen LogP contribution in [-0.2, 0) is 0 Å². The second-order valence-corrected chi connectivity index (χ2v) is 6.86. The quantitative estimate of drug-likeness (QED) is 0.430. The minimum Gasteiger partial charge on any atom is -0.316 e. The fourth-order valence-corrected chi connectivity index (χ4v) is 3.60. The molecule has 0 saturated heterocycles. The van der Waals surface area contributed by atoms with E-state index in [1.165, 1.54) is 6.33 Å². The second kappa shape index (κ2) is 7.53. The largest absolute Gasteiger partial charge is 0.316 e. The molecule has 3 heterocycles. The first-order valence-corrected chi connectivity index (χ1v) is 9.56. The third kappa shape index (κ3) is 3.17. The van der Waals surface area contributed by atoms with E-state index in [2.05, 4.69) is 57.1 Å². The van der Waals surface area contributed by atoms with Crippen LogP contribution in [0.3, 0.4) is 0 Å². The summed E-state index contributed by atoms with van der Waals surface area (Å²) in [6, 6.07) is 28.4. The van der Waals surface area contributed by atoms with Crippen molar-refractivity contribution < 1.29 is 0 Å². The van der Waals surface area contributed by atoms with Crippen molar-refractivity contribution in [3.05, 3.63) is 115 Å². The van der Waals surface area contributed by atoms with Crippen molar-refractivity contribution in [3.63, 3.8) is 0 Å². The van der Waals surface area contributed by atoms with Gasteiger partial charge in [0.1, 0.15) is 12.7 Å². The molecule has 30 heavy (non-hydrogen) atoms. The Kier molecular flexibility index (Phi) is 4.43. The van der Waals surface area contributed by atoms with Crippen molar-refractivity contribution in [3.8, 4) is 17.2 Å². The first kappa shape index (κ1) is 17.7. The number of pyridine rings is 1. The molecule has 0 fully saturated rings. The summed E-state index contributed by atoms with van der Waals surface area (Å²) in [6.07, 6.45) is 7.38. The van der Waals surface area contributed by atoms with Crippen molar-refractivity contribution in [1.82, 2.24) is 19.2 Å². The van der Waals surface area contributed by atoms with E-state index in [1.54, 1.807) is 11.0 Å². The molecule has 142 valence electrons. The van der Waals surface area contributed by atoms with E-state index in [0.29, 0.717) is 5.56 Å². The normalized spacial score (nSPS) is 11.5. The Morgan fingerprint density at radius 3 is 2.47 bits per heavy atom. The predicted octanol–water partition coefficient (Wildman–Crippen LogP) is 5.12. The summed E-state index contributed by atoms with van der Waals surface area (Å²) in [5.41, 5.74) is 6.88. The van der Waals surface area contributed by atoms with E-state index in [0.717, 1.165) is 33.6 Å². The molecule has 5 rings (SSSR count). The van der Waals surface area contributed by atoms with Gasteiger partial charge in [-0.25, -0.2) is 9.67 Å². The lowest BCUT2D eigenvalue weighted by molar-refractivity contribution is 0.906. The molecule has 0 atom stereocenters. The number of fused-ring (bicyclic) bond motifs is 1. The van der Waals surface area contributed by atoms with Crippen molar-refractivity contribution >= 4 is 17.3 Å². The molecule has 0 aliphatic carbocycles. The van der Waals surface area contributed by atoms with Gasteiger partial charge in [-0.3, -0.25) is 0 Å². The Hall–Kier alpha value is -4.43. The topological polar surface area (TPSA) is 58.9 Å². The van der Waals surface area contributed by atoms with E-state index in [-0.39, 0.29) is 0 Å². The number of nitriles is 1. The van der Waals surface area contributed by atoms with E-state index < -0.39 is 0 Å². The average molecular weight is 387 g/mol. The molecular formula is C25H17N5. The number of nitrogens with zero attached hydrogens (tertiary/aromatic N) is 5. The Morgan fingerprint density at radius 2 is 1.73 bits per heavy atom. The van der Waals surface area contributed by atoms with Crippen LogP contribution in [0.4, 0.5) is 0 Å². The van der Waals surface area contributed by atoms with Gasteiger partial charge in [0.05, 0.1) is 23.0 Å². The number of hydrogen-bond donors (Lipinski definition) is 0. The van der Waals surface area contributed by atoms with E-state index in [9.17, 15) is 0 Å². The lowest BCUT2D eigenvalue weighted by atomic mass is 10.0. The van der Waals surface area contributed by atoms with Gasteiger partial charge >= 0.3 is 0 Å². The minimum atomic E-state index is 0.620. The predicted molar refractivity (Wildman–Crippen MR) is 117 cm³/mol. The molecule has 3 aromatic heterocycles. The summed E-state index contributed by atoms with van der Waals surface area (Å²) < 4.78 is 3.92. The fraction of sp³-hybridized carbons (Fsp3) is 0. The van der Waals surface area contributed by atoms with Gasteiger partial charge in [0.25, 0.3) is 0 Å². The van der Waals surface area contributed by atoms with Crippen LogP contribution in [0.25, 0.3) is 28.4 Å². The number of benzene rings is 2. The molecule has 2 aromatic carbocycles. The number of hydrogen-bond acceptors (Lipinski definition) is 3. The first-order chi connectivity index (χ1) is 14.8. The van der Waals surface area contributed by atoms with E-state index in [4.69, 9.17) is 5.26 Å². The van der Waals surface area contributed by atoms with Gasteiger partial charge in [0.2, 0.25) is 0 Å². The first-order valence-electron chi connectivity index (χ1n) is 9.56. The summed E-state index contributed by atoms with van der Waals surface area (Å²) >= 11 is 0. The highest BCUT2D eigenvalue weighted by Gasteiger charge is 2.13. The van der Waals surface area contributed by atoms with Crippen molar-refractivity contribution in [2.45, 2.75) is 0 Å². The van der Waals surface area contributed by atoms with Gasteiger partial charge in [-0.2, -0.15) is 10.4 Å². The third-order valence-electron chi connectivity index (χ3n) is 5.05. The van der Waals surface area contributed by atoms with Crippen molar-refractivity contribution in [2.24, 2.45) is 0 Å². The molecule has 5 heteroatoms. The zero-order valence-corrected chi connectivity index (χ0v) is 16.1. The van der Waals surface area contributed by atoms with Crippen molar-refractivity contribution in [1.29, 1.82) is 5.26 Å². The van der Waals surface area contributed by atoms with Crippen LogP contribution in [0.1, 0.15) is 16.8 Å². The maximum Gasteiger partial charge on any atom is 0.138 e. The Bertz CT molecular complexity index is 1370. The molecule has 0 saturated carbocycles. The zero-order chi connectivity index (χ0) is 20.3. The van der Waals surface area contributed by atoms with Gasteiger partial charge in [-0.1, -0.05) is 48.5 Å². The van der Waals surface area contributed by atoms with Gasteiger partial charge in [-0.05, 0) is 42.0 Å². The summed E-state index contributed by atoms with van der Waals surface area (Å²) in [7, 11) is 0. The van der Waals surface area contributed by atoms with E-state index >= 15 is 0 Å². The maximum absolute atomic E-state index is 9.14. The van der Waals surface area contributed by atoms with Gasteiger partial charge in [0, 0.05) is 22.8 Å². The minimum absolute atomic E-state index is 0.620. The monoisotopic (exact) mass is 387 g/mol. The van der Waals surface area contributed by atoms with Crippen LogP contribution in [0, 0.1) is 11.3 Å². The van der Waals surface area contributed by atoms with Gasteiger partial charge in [0.15, 0.2) is 0 Å². The molecule has 0 spiro atoms. The molecule has 0 aliphatic rings. The van der Waals surface area contributed by atoms with Gasteiger partial charge in [-0.15, -0.1) is 0 Å². The van der Waals surface area contributed by atoms with Crippen LogP contribution in [0.5, 0.6) is 0 Å². The van der Waals surface area contributed by atoms with Crippen LogP contribution in [0.15, 0.2) is 97.7 Å². The zero-order valence-electron chi connectivity index (χ0n) is 16.1. The smallest absolute Gasteiger partial charge is 0.138 e. The molecule has 5 nitrogen and oxygen atoms in total. The summed E-state index contributed by atoms with van der Waals surface area (Å²) in [6.45, 7) is 0. The molecule has 0 amide bonds. The Labute approximate surface area is 173 Å². The highest BCUT2D eigenvalue weighted by Crippen LogP contribution is 2.31. The number of rotatable bonds is 4. The van der Waals surface area contributed by atoms with Crippen LogP contribution < -0.4 is 0 Å². The summed E-state index contributed by atoms with van der Waals surface area (Å²) in [5, 5.41) is 13.5. The Morgan fingerprint density at radius 1 is 0.933 bits per heavy atom. The van der Waals surface area contributed by atoms with Crippen LogP contribution in [-0.4, -0.2) is 19.2 Å². The molecule has 0 unspecified atom stereocenters. The lowest BCUT2D eigenvalue weighted by Gasteiger charge is -2.10. The molecule has 0 N–H and O–H groups in total. The molecule has 0 radical (unpaired) electrons. The second-order valence-electron chi connectivity index (χ2n) is 6.86. The SMILES string of the molecule is N#Cc1ccc(/C(=C\c2c(-c3ccccc3)cc3ccccn23)n2cncn2)cc1. The lowest BCUT2D eigenvalue weighted by Crippen LogP contribution is -2.01.